The number of nitrogens with one attached hydrogen (secondary N) is 1. The second kappa shape index (κ2) is 5.60. The van der Waals surface area contributed by atoms with Gasteiger partial charge in [0.1, 0.15) is 0 Å². The summed E-state index contributed by atoms with van der Waals surface area (Å²) in [6, 6.07) is 8.68. The number of nitrogens with zero attached hydrogens (tertiary/aromatic N) is 1. The van der Waals surface area contributed by atoms with Gasteiger partial charge in [0.05, 0.1) is 17.1 Å². The molecule has 5 nitrogen and oxygen atoms in total. The van der Waals surface area contributed by atoms with Crippen LogP contribution in [0.25, 0.3) is 0 Å². The average molecular weight is 291 g/mol. The number of hydrogen-bond acceptors (Lipinski definition) is 4. The largest absolute Gasteiger partial charge is 0.379 e. The Labute approximate surface area is 118 Å². The van der Waals surface area contributed by atoms with Crippen molar-refractivity contribution >= 4 is 15.7 Å². The molecule has 0 aliphatic heterocycles. The lowest BCUT2D eigenvalue weighted by Gasteiger charge is -2.10. The quantitative estimate of drug-likeness (QED) is 0.901. The van der Waals surface area contributed by atoms with E-state index >= 15 is 0 Å². The van der Waals surface area contributed by atoms with Crippen molar-refractivity contribution in [2.45, 2.75) is 25.3 Å². The van der Waals surface area contributed by atoms with Gasteiger partial charge in [0.25, 0.3) is 0 Å². The van der Waals surface area contributed by atoms with E-state index in [0.29, 0.717) is 6.54 Å². The summed E-state index contributed by atoms with van der Waals surface area (Å²) >= 11 is 0. The lowest BCUT2D eigenvalue weighted by molar-refractivity contribution is 0.598. The topological polar surface area (TPSA) is 85.1 Å². The molecule has 6 heteroatoms. The maximum atomic E-state index is 11.3. The third-order valence-electron chi connectivity index (χ3n) is 2.97. The summed E-state index contributed by atoms with van der Waals surface area (Å²) in [6.07, 6.45) is 1.80. The van der Waals surface area contributed by atoms with Gasteiger partial charge in [0.2, 0.25) is 10.0 Å². The van der Waals surface area contributed by atoms with Crippen LogP contribution in [0.3, 0.4) is 0 Å². The average Bonchev–Trinajstić information content (AvgIpc) is 2.38. The molecule has 0 saturated heterocycles. The first-order chi connectivity index (χ1) is 9.36. The molecule has 0 saturated carbocycles. The summed E-state index contributed by atoms with van der Waals surface area (Å²) < 4.78 is 22.7. The number of benzene rings is 1. The molecule has 0 atom stereocenters. The van der Waals surface area contributed by atoms with Gasteiger partial charge in [-0.3, -0.25) is 4.98 Å². The molecule has 0 aliphatic carbocycles. The van der Waals surface area contributed by atoms with Crippen LogP contribution in [0.5, 0.6) is 0 Å². The summed E-state index contributed by atoms with van der Waals surface area (Å²) in [5.74, 6) is 0. The van der Waals surface area contributed by atoms with Crippen LogP contribution in [-0.2, 0) is 16.6 Å². The highest BCUT2D eigenvalue weighted by molar-refractivity contribution is 7.89. The molecule has 0 amide bonds. The Morgan fingerprint density at radius 2 is 1.95 bits per heavy atom. The minimum Gasteiger partial charge on any atom is -0.379 e. The zero-order valence-corrected chi connectivity index (χ0v) is 12.2. The smallest absolute Gasteiger partial charge is 0.238 e. The fourth-order valence-corrected chi connectivity index (χ4v) is 2.30. The van der Waals surface area contributed by atoms with Crippen LogP contribution in [0.15, 0.2) is 41.4 Å². The predicted molar refractivity (Wildman–Crippen MR) is 78.9 cm³/mol. The van der Waals surface area contributed by atoms with Crippen molar-refractivity contribution in [2.24, 2.45) is 5.14 Å². The Morgan fingerprint density at radius 1 is 1.20 bits per heavy atom. The molecule has 106 valence electrons. The Bertz CT molecular complexity index is 710. The zero-order chi connectivity index (χ0) is 14.8. The summed E-state index contributed by atoms with van der Waals surface area (Å²) in [5.41, 5.74) is 3.67. The highest BCUT2D eigenvalue weighted by Crippen LogP contribution is 2.20. The van der Waals surface area contributed by atoms with Gasteiger partial charge >= 0.3 is 0 Å². The maximum Gasteiger partial charge on any atom is 0.238 e. The van der Waals surface area contributed by atoms with Crippen LogP contribution < -0.4 is 10.5 Å². The first-order valence-corrected chi connectivity index (χ1v) is 7.70. The minimum atomic E-state index is -3.69. The number of aryl methyl sites for hydroxylation is 2. The van der Waals surface area contributed by atoms with Crippen molar-refractivity contribution in [3.05, 3.63) is 53.3 Å². The number of primary sulfonamides is 1. The Morgan fingerprint density at radius 3 is 2.55 bits per heavy atom. The monoisotopic (exact) mass is 291 g/mol. The number of hydrogen-bond donors (Lipinski definition) is 2. The first-order valence-electron chi connectivity index (χ1n) is 6.15. The second-order valence-electron chi connectivity index (χ2n) is 4.70. The lowest BCUT2D eigenvalue weighted by atomic mass is 10.2. The Kier molecular flexibility index (Phi) is 4.06. The molecular formula is C14H17N3O2S. The van der Waals surface area contributed by atoms with Crippen molar-refractivity contribution in [2.75, 3.05) is 5.32 Å². The van der Waals surface area contributed by atoms with E-state index < -0.39 is 10.0 Å². The number of pyridine rings is 1. The number of nitrogens with two attached hydrogens (primary N) is 1. The fraction of sp³-hybridized carbons (Fsp3) is 0.214. The molecule has 0 aliphatic rings. The molecule has 3 N–H and O–H groups in total. The normalized spacial score (nSPS) is 11.3. The minimum absolute atomic E-state index is 0.0995. The van der Waals surface area contributed by atoms with Gasteiger partial charge in [-0.1, -0.05) is 12.1 Å². The molecule has 1 heterocycles. The van der Waals surface area contributed by atoms with Gasteiger partial charge in [-0.15, -0.1) is 0 Å². The number of aromatic nitrogens is 1. The van der Waals surface area contributed by atoms with Crippen molar-refractivity contribution in [1.82, 2.24) is 4.98 Å². The van der Waals surface area contributed by atoms with Crippen molar-refractivity contribution in [3.8, 4) is 0 Å². The van der Waals surface area contributed by atoms with Crippen LogP contribution >= 0.6 is 0 Å². The van der Waals surface area contributed by atoms with Gasteiger partial charge in [0, 0.05) is 11.9 Å². The highest BCUT2D eigenvalue weighted by Gasteiger charge is 2.09. The summed E-state index contributed by atoms with van der Waals surface area (Å²) in [6.45, 7) is 4.40. The summed E-state index contributed by atoms with van der Waals surface area (Å²) in [7, 11) is -3.69. The molecule has 0 fully saturated rings. The van der Waals surface area contributed by atoms with Gasteiger partial charge in [0.15, 0.2) is 0 Å². The molecular weight excluding hydrogens is 274 g/mol. The van der Waals surface area contributed by atoms with Crippen molar-refractivity contribution < 1.29 is 8.42 Å². The SMILES string of the molecule is Cc1ccc(CNc2cc(S(N)(=O)=O)ccc2C)nc1. The van der Waals surface area contributed by atoms with E-state index in [1.807, 2.05) is 26.0 Å². The first kappa shape index (κ1) is 14.5. The molecule has 1 aromatic carbocycles. The van der Waals surface area contributed by atoms with Crippen LogP contribution in [0, 0.1) is 13.8 Å². The third kappa shape index (κ3) is 3.55. The van der Waals surface area contributed by atoms with Gasteiger partial charge in [-0.25, -0.2) is 13.6 Å². The van der Waals surface area contributed by atoms with E-state index in [9.17, 15) is 8.42 Å². The van der Waals surface area contributed by atoms with Crippen LogP contribution in [-0.4, -0.2) is 13.4 Å². The van der Waals surface area contributed by atoms with Crippen LogP contribution in [0.1, 0.15) is 16.8 Å². The number of anilines is 1. The van der Waals surface area contributed by atoms with Gasteiger partial charge in [-0.2, -0.15) is 0 Å². The summed E-state index contributed by atoms with van der Waals surface area (Å²) in [5, 5.41) is 8.31. The van der Waals surface area contributed by atoms with Crippen molar-refractivity contribution in [3.63, 3.8) is 0 Å². The number of sulfonamides is 1. The van der Waals surface area contributed by atoms with Gasteiger partial charge < -0.3 is 5.32 Å². The highest BCUT2D eigenvalue weighted by atomic mass is 32.2. The molecule has 0 bridgehead atoms. The predicted octanol–water partition coefficient (Wildman–Crippen LogP) is 1.96. The van der Waals surface area contributed by atoms with E-state index in [-0.39, 0.29) is 4.90 Å². The molecule has 0 radical (unpaired) electrons. The standard InChI is InChI=1S/C14H17N3O2S/c1-10-3-5-12(16-8-10)9-17-14-7-13(20(15,18)19)6-4-11(14)2/h3-8,17H,9H2,1-2H3,(H2,15,18,19). The Hall–Kier alpha value is -1.92. The molecule has 0 unspecified atom stereocenters. The maximum absolute atomic E-state index is 11.3. The van der Waals surface area contributed by atoms with E-state index in [1.54, 1.807) is 18.3 Å². The fourth-order valence-electron chi connectivity index (χ4n) is 1.76. The van der Waals surface area contributed by atoms with Crippen LogP contribution in [0.4, 0.5) is 5.69 Å². The third-order valence-corrected chi connectivity index (χ3v) is 3.88. The summed E-state index contributed by atoms with van der Waals surface area (Å²) in [4.78, 5) is 4.39. The van der Waals surface area contributed by atoms with Crippen molar-refractivity contribution in [1.29, 1.82) is 0 Å². The Balaban J connectivity index is 2.19. The van der Waals surface area contributed by atoms with E-state index in [2.05, 4.69) is 10.3 Å². The lowest BCUT2D eigenvalue weighted by Crippen LogP contribution is -2.13. The zero-order valence-electron chi connectivity index (χ0n) is 11.4. The van der Waals surface area contributed by atoms with E-state index in [1.165, 1.54) is 6.07 Å². The van der Waals surface area contributed by atoms with E-state index in [0.717, 1.165) is 22.5 Å². The van der Waals surface area contributed by atoms with Crippen LogP contribution in [0.2, 0.25) is 0 Å². The molecule has 2 rings (SSSR count). The molecule has 1 aromatic heterocycles. The molecule has 2 aromatic rings. The van der Waals surface area contributed by atoms with E-state index in [4.69, 9.17) is 5.14 Å². The second-order valence-corrected chi connectivity index (χ2v) is 6.26. The molecule has 0 spiro atoms. The molecule has 20 heavy (non-hydrogen) atoms. The number of rotatable bonds is 4. The van der Waals surface area contributed by atoms with Gasteiger partial charge in [-0.05, 0) is 43.2 Å².